The van der Waals surface area contributed by atoms with Crippen LogP contribution in [-0.2, 0) is 24.4 Å². The van der Waals surface area contributed by atoms with E-state index in [1.807, 2.05) is 26.8 Å². The molecule has 7 rings (SSSR count). The third kappa shape index (κ3) is 9.91. The summed E-state index contributed by atoms with van der Waals surface area (Å²) in [6.45, 7) is 9.77. The van der Waals surface area contributed by atoms with Crippen LogP contribution >= 0.6 is 0 Å². The van der Waals surface area contributed by atoms with Crippen molar-refractivity contribution in [3.63, 3.8) is 0 Å². The number of rotatable bonds is 12. The van der Waals surface area contributed by atoms with Gasteiger partial charge in [-0.3, -0.25) is 29.0 Å². The minimum atomic E-state index is -4.03. The third-order valence-corrected chi connectivity index (χ3v) is 15.2. The van der Waals surface area contributed by atoms with E-state index in [1.165, 1.54) is 7.11 Å². The highest BCUT2D eigenvalue weighted by Crippen LogP contribution is 2.47. The van der Waals surface area contributed by atoms with Crippen LogP contribution in [0.15, 0.2) is 54.7 Å². The van der Waals surface area contributed by atoms with Crippen molar-refractivity contribution in [1.82, 2.24) is 29.8 Å². The van der Waals surface area contributed by atoms with Gasteiger partial charge in [-0.2, -0.15) is 0 Å². The summed E-state index contributed by atoms with van der Waals surface area (Å²) in [5.41, 5.74) is -3.20. The van der Waals surface area contributed by atoms with Gasteiger partial charge in [0, 0.05) is 24.6 Å². The summed E-state index contributed by atoms with van der Waals surface area (Å²) < 4.78 is 77.3. The standard InChI is InChI=1S/C47H60F2N6O10S/c1-26(2)64-32-14-18-36(50-24-32)37-21-29-20-31(63-8)13-17-35(29)41(51-37)65-33-22-38-40(56)52-47(43(58)53-66(61,62)34-15-16-34)23-30(47)12-10-9-11-27(3)19-28(4)39(42(57)54(38)25-33)55(44(59)60)45(5,6)46(7,48)49/h10,12-14,17-18,20-21,24,26-28,30,33-34,38-39H,9,11,15-16,19,22-23,25H2,1-8H3,(H,52,56)(H,53,58)(H,59,60)/t27-,28+,30+,33+,38-,39-,47+/m0/s1. The molecular formula is C47H60F2N6O10S. The van der Waals surface area contributed by atoms with Crippen LogP contribution < -0.4 is 24.2 Å². The van der Waals surface area contributed by atoms with Crippen molar-refractivity contribution in [1.29, 1.82) is 0 Å². The molecule has 358 valence electrons. The van der Waals surface area contributed by atoms with Crippen LogP contribution in [0.1, 0.15) is 93.4 Å². The van der Waals surface area contributed by atoms with Crippen LogP contribution in [-0.4, -0.2) is 117 Å². The molecule has 2 aliphatic heterocycles. The number of pyridine rings is 2. The molecule has 0 bridgehead atoms. The molecule has 3 fully saturated rings. The molecule has 66 heavy (non-hydrogen) atoms. The van der Waals surface area contributed by atoms with Gasteiger partial charge in [0.15, 0.2) is 0 Å². The van der Waals surface area contributed by atoms with Gasteiger partial charge < -0.3 is 29.5 Å². The van der Waals surface area contributed by atoms with Crippen LogP contribution in [0.25, 0.3) is 22.2 Å². The van der Waals surface area contributed by atoms with Gasteiger partial charge in [-0.15, -0.1) is 0 Å². The minimum Gasteiger partial charge on any atom is -0.497 e. The van der Waals surface area contributed by atoms with Gasteiger partial charge in [0.25, 0.3) is 11.8 Å². The van der Waals surface area contributed by atoms with Crippen LogP contribution in [0.4, 0.5) is 13.6 Å². The number of hydrogen-bond acceptors (Lipinski definition) is 11. The Morgan fingerprint density at radius 1 is 1.03 bits per heavy atom. The maximum Gasteiger partial charge on any atom is 0.408 e. The number of halogens is 2. The maximum absolute atomic E-state index is 15.5. The van der Waals surface area contributed by atoms with E-state index in [4.69, 9.17) is 19.2 Å². The van der Waals surface area contributed by atoms with Crippen LogP contribution in [0, 0.1) is 17.8 Å². The van der Waals surface area contributed by atoms with Gasteiger partial charge in [-0.05, 0) is 120 Å². The largest absolute Gasteiger partial charge is 0.497 e. The predicted octanol–water partition coefficient (Wildman–Crippen LogP) is 6.72. The summed E-state index contributed by atoms with van der Waals surface area (Å²) in [6, 6.07) is 7.43. The topological polar surface area (TPSA) is 207 Å². The molecule has 0 radical (unpaired) electrons. The SMILES string of the molecule is COc1ccc2c(O[C@@H]3C[C@H]4C(=O)N[C@]5(C(=O)NS(=O)(=O)C6CC6)C[C@H]5C=CCC[C@H](C)C[C@@H](C)[C@H](N(C(=O)O)C(C)(C)C(C)(F)F)C(=O)N4C3)nc(-c3ccc(OC(C)C)cn3)cc2c1. The molecule has 19 heteroatoms. The van der Waals surface area contributed by atoms with Gasteiger partial charge in [0.2, 0.25) is 27.7 Å². The van der Waals surface area contributed by atoms with Crippen molar-refractivity contribution in [3.05, 3.63) is 54.7 Å². The molecule has 4 amide bonds. The second-order valence-electron chi connectivity index (χ2n) is 19.2. The Bertz CT molecular complexity index is 2500. The summed E-state index contributed by atoms with van der Waals surface area (Å²) in [4.78, 5) is 68.5. The second kappa shape index (κ2) is 18.2. The number of carboxylic acid groups (broad SMARTS) is 1. The van der Waals surface area contributed by atoms with Crippen molar-refractivity contribution in [3.8, 4) is 28.8 Å². The lowest BCUT2D eigenvalue weighted by Gasteiger charge is -2.47. The molecule has 0 spiro atoms. The lowest BCUT2D eigenvalue weighted by Crippen LogP contribution is -2.66. The normalized spacial score (nSPS) is 26.4. The van der Waals surface area contributed by atoms with E-state index in [0.717, 1.165) is 18.7 Å². The molecule has 0 unspecified atom stereocenters. The van der Waals surface area contributed by atoms with Crippen LogP contribution in [0.2, 0.25) is 0 Å². The van der Waals surface area contributed by atoms with Crippen molar-refractivity contribution in [2.24, 2.45) is 17.8 Å². The number of fused-ring (bicyclic) bond motifs is 3. The van der Waals surface area contributed by atoms with E-state index in [1.54, 1.807) is 55.6 Å². The lowest BCUT2D eigenvalue weighted by molar-refractivity contribution is -0.156. The Hall–Kier alpha value is -5.59. The summed E-state index contributed by atoms with van der Waals surface area (Å²) in [7, 11) is -2.50. The van der Waals surface area contributed by atoms with E-state index in [9.17, 15) is 27.9 Å². The Labute approximate surface area is 383 Å². The summed E-state index contributed by atoms with van der Waals surface area (Å²) in [6.07, 6.45) is 4.40. The molecule has 3 N–H and O–H groups in total. The molecule has 1 saturated heterocycles. The number of amides is 4. The van der Waals surface area contributed by atoms with Crippen molar-refractivity contribution in [2.75, 3.05) is 13.7 Å². The third-order valence-electron chi connectivity index (χ3n) is 13.4. The fourth-order valence-electron chi connectivity index (χ4n) is 9.14. The van der Waals surface area contributed by atoms with Gasteiger partial charge in [0.05, 0.1) is 42.6 Å². The molecule has 4 aliphatic rings. The Kier molecular flexibility index (Phi) is 13.4. The number of sulfonamides is 1. The molecular weight excluding hydrogens is 879 g/mol. The number of alkyl halides is 2. The number of allylic oxidation sites excluding steroid dienone is 1. The quantitative estimate of drug-likeness (QED) is 0.162. The van der Waals surface area contributed by atoms with E-state index in [0.29, 0.717) is 71.2 Å². The first-order valence-corrected chi connectivity index (χ1v) is 24.0. The summed E-state index contributed by atoms with van der Waals surface area (Å²) in [5.74, 6) is -6.56. The minimum absolute atomic E-state index is 0.0778. The summed E-state index contributed by atoms with van der Waals surface area (Å²) >= 11 is 0. The van der Waals surface area contributed by atoms with Gasteiger partial charge >= 0.3 is 6.09 Å². The first-order valence-electron chi connectivity index (χ1n) is 22.5. The zero-order valence-corrected chi connectivity index (χ0v) is 39.4. The molecule has 2 aliphatic carbocycles. The van der Waals surface area contributed by atoms with E-state index in [-0.39, 0.29) is 43.7 Å². The van der Waals surface area contributed by atoms with Gasteiger partial charge in [0.1, 0.15) is 40.8 Å². The second-order valence-corrected chi connectivity index (χ2v) is 21.2. The number of ether oxygens (including phenoxy) is 3. The van der Waals surface area contributed by atoms with Gasteiger partial charge in [-0.25, -0.2) is 27.0 Å². The molecule has 3 aromatic rings. The highest BCUT2D eigenvalue weighted by molar-refractivity contribution is 7.91. The van der Waals surface area contributed by atoms with Crippen LogP contribution in [0.5, 0.6) is 17.4 Å². The molecule has 7 atom stereocenters. The predicted molar refractivity (Wildman–Crippen MR) is 241 cm³/mol. The number of aromatic nitrogens is 2. The van der Waals surface area contributed by atoms with E-state index in [2.05, 4.69) is 15.0 Å². The first-order chi connectivity index (χ1) is 30.9. The maximum atomic E-state index is 15.5. The fraction of sp³-hybridized carbons (Fsp3) is 0.574. The first kappa shape index (κ1) is 48.3. The number of carbonyl (C=O) groups excluding carboxylic acids is 3. The van der Waals surface area contributed by atoms with E-state index >= 15 is 13.6 Å². The Morgan fingerprint density at radius 3 is 2.36 bits per heavy atom. The Balaban J connectivity index is 1.31. The molecule has 1 aromatic carbocycles. The number of nitrogens with one attached hydrogen (secondary N) is 2. The van der Waals surface area contributed by atoms with Crippen molar-refractivity contribution < 1.29 is 55.7 Å². The lowest BCUT2D eigenvalue weighted by atomic mass is 9.84. The number of nitrogens with zero attached hydrogens (tertiary/aromatic N) is 4. The molecule has 2 aromatic heterocycles. The zero-order valence-electron chi connectivity index (χ0n) is 38.5. The Morgan fingerprint density at radius 2 is 1.74 bits per heavy atom. The fourth-order valence-corrected chi connectivity index (χ4v) is 10.5. The number of hydrogen-bond donors (Lipinski definition) is 3. The highest BCUT2D eigenvalue weighted by Gasteiger charge is 2.63. The monoisotopic (exact) mass is 938 g/mol. The summed E-state index contributed by atoms with van der Waals surface area (Å²) in [5, 5.41) is 14.0. The average molecular weight is 939 g/mol. The van der Waals surface area contributed by atoms with Crippen molar-refractivity contribution >= 4 is 44.6 Å². The smallest absolute Gasteiger partial charge is 0.408 e. The molecule has 2 saturated carbocycles. The average Bonchev–Trinajstić information content (AvgIpc) is 4.17. The van der Waals surface area contributed by atoms with Crippen molar-refractivity contribution in [2.45, 2.75) is 140 Å². The van der Waals surface area contributed by atoms with Gasteiger partial charge in [-0.1, -0.05) is 26.0 Å². The number of benzene rings is 1. The number of carbonyl (C=O) groups is 4. The molecule has 4 heterocycles. The zero-order chi connectivity index (χ0) is 48.1. The van der Waals surface area contributed by atoms with Crippen LogP contribution in [0.3, 0.4) is 0 Å². The molecule has 16 nitrogen and oxygen atoms in total. The highest BCUT2D eigenvalue weighted by atomic mass is 32.2. The van der Waals surface area contributed by atoms with E-state index < -0.39 is 86.1 Å². The number of methoxy groups -OCH3 is 1.